The highest BCUT2D eigenvalue weighted by atomic mass is 14.9. The molecule has 2 fully saturated rings. The lowest BCUT2D eigenvalue weighted by Gasteiger charge is -2.36. The molecule has 1 nitrogen and oxygen atoms in total. The van der Waals surface area contributed by atoms with Gasteiger partial charge in [-0.2, -0.15) is 0 Å². The Hall–Kier alpha value is -0.0400. The number of rotatable bonds is 3. The molecule has 1 aliphatic carbocycles. The van der Waals surface area contributed by atoms with Gasteiger partial charge < -0.3 is 5.32 Å². The van der Waals surface area contributed by atoms with Gasteiger partial charge in [-0.05, 0) is 56.0 Å². The van der Waals surface area contributed by atoms with E-state index < -0.39 is 0 Å². The molecule has 2 aliphatic rings. The maximum absolute atomic E-state index is 3.55. The van der Waals surface area contributed by atoms with E-state index >= 15 is 0 Å². The molecule has 1 aliphatic heterocycles. The average molecular weight is 195 g/mol. The van der Waals surface area contributed by atoms with E-state index in [0.717, 1.165) is 17.3 Å². The Bertz CT molecular complexity index is 174. The minimum atomic E-state index is 0.734. The molecule has 0 aromatic heterocycles. The Morgan fingerprint density at radius 1 is 1.29 bits per heavy atom. The van der Waals surface area contributed by atoms with Crippen molar-refractivity contribution in [3.05, 3.63) is 0 Å². The Labute approximate surface area is 88.7 Å². The predicted octanol–water partition coefficient (Wildman–Crippen LogP) is 3.20. The molecule has 2 rings (SSSR count). The molecular weight excluding hydrogens is 170 g/mol. The topological polar surface area (TPSA) is 12.0 Å². The molecule has 0 radical (unpaired) electrons. The molecule has 1 saturated carbocycles. The summed E-state index contributed by atoms with van der Waals surface area (Å²) in [6.45, 7) is 7.35. The SMILES string of the molecule is CC(C)CC1(C2CCNC2)CCCC1. The largest absolute Gasteiger partial charge is 0.316 e. The lowest BCUT2D eigenvalue weighted by Crippen LogP contribution is -2.31. The maximum atomic E-state index is 3.55. The number of nitrogens with one attached hydrogen (secondary N) is 1. The molecule has 0 spiro atoms. The van der Waals surface area contributed by atoms with Gasteiger partial charge in [0.15, 0.2) is 0 Å². The minimum absolute atomic E-state index is 0.734. The van der Waals surface area contributed by atoms with Crippen molar-refractivity contribution < 1.29 is 0 Å². The van der Waals surface area contributed by atoms with Gasteiger partial charge in [-0.25, -0.2) is 0 Å². The second kappa shape index (κ2) is 4.22. The average Bonchev–Trinajstić information content (AvgIpc) is 2.69. The van der Waals surface area contributed by atoms with Crippen LogP contribution in [0.2, 0.25) is 0 Å². The quantitative estimate of drug-likeness (QED) is 0.729. The van der Waals surface area contributed by atoms with E-state index in [9.17, 15) is 0 Å². The van der Waals surface area contributed by atoms with Crippen molar-refractivity contribution in [1.82, 2.24) is 5.32 Å². The van der Waals surface area contributed by atoms with Gasteiger partial charge in [-0.15, -0.1) is 0 Å². The minimum Gasteiger partial charge on any atom is -0.316 e. The Morgan fingerprint density at radius 2 is 2.00 bits per heavy atom. The van der Waals surface area contributed by atoms with Crippen molar-refractivity contribution in [2.24, 2.45) is 17.3 Å². The first kappa shape index (κ1) is 10.5. The first-order chi connectivity index (χ1) is 6.73. The summed E-state index contributed by atoms with van der Waals surface area (Å²) >= 11 is 0. The van der Waals surface area contributed by atoms with Gasteiger partial charge in [0.05, 0.1) is 0 Å². The monoisotopic (exact) mass is 195 g/mol. The van der Waals surface area contributed by atoms with E-state index in [4.69, 9.17) is 0 Å². The fourth-order valence-corrected chi connectivity index (χ4v) is 3.85. The highest BCUT2D eigenvalue weighted by Crippen LogP contribution is 2.50. The summed E-state index contributed by atoms with van der Waals surface area (Å²) in [5.41, 5.74) is 0.734. The van der Waals surface area contributed by atoms with Crippen LogP contribution in [0.15, 0.2) is 0 Å². The van der Waals surface area contributed by atoms with Gasteiger partial charge >= 0.3 is 0 Å². The summed E-state index contributed by atoms with van der Waals surface area (Å²) in [6, 6.07) is 0. The van der Waals surface area contributed by atoms with Crippen molar-refractivity contribution in [3.8, 4) is 0 Å². The van der Waals surface area contributed by atoms with Crippen molar-refractivity contribution in [2.45, 2.75) is 52.4 Å². The molecule has 1 saturated heterocycles. The zero-order valence-electron chi connectivity index (χ0n) is 9.81. The predicted molar refractivity (Wildman–Crippen MR) is 61.3 cm³/mol. The summed E-state index contributed by atoms with van der Waals surface area (Å²) in [5.74, 6) is 1.88. The van der Waals surface area contributed by atoms with Crippen LogP contribution < -0.4 is 5.32 Å². The molecule has 1 heterocycles. The third-order valence-electron chi connectivity index (χ3n) is 4.34. The van der Waals surface area contributed by atoms with Gasteiger partial charge in [0.2, 0.25) is 0 Å². The van der Waals surface area contributed by atoms with E-state index in [0.29, 0.717) is 0 Å². The van der Waals surface area contributed by atoms with Gasteiger partial charge in [0.25, 0.3) is 0 Å². The van der Waals surface area contributed by atoms with Crippen LogP contribution in [-0.2, 0) is 0 Å². The summed E-state index contributed by atoms with van der Waals surface area (Å²) in [4.78, 5) is 0. The Kier molecular flexibility index (Phi) is 3.16. The fourth-order valence-electron chi connectivity index (χ4n) is 3.85. The summed E-state index contributed by atoms with van der Waals surface area (Å²) in [6.07, 6.45) is 8.91. The molecule has 14 heavy (non-hydrogen) atoms. The second-order valence-corrected chi connectivity index (χ2v) is 5.86. The fraction of sp³-hybridized carbons (Fsp3) is 1.00. The molecule has 1 heteroatoms. The van der Waals surface area contributed by atoms with Crippen LogP contribution in [0.5, 0.6) is 0 Å². The van der Waals surface area contributed by atoms with Crippen molar-refractivity contribution >= 4 is 0 Å². The number of hydrogen-bond acceptors (Lipinski definition) is 1. The highest BCUT2D eigenvalue weighted by molar-refractivity contribution is 4.94. The first-order valence-corrected chi connectivity index (χ1v) is 6.44. The van der Waals surface area contributed by atoms with Gasteiger partial charge in [-0.1, -0.05) is 26.7 Å². The molecule has 1 N–H and O–H groups in total. The molecule has 1 unspecified atom stereocenters. The van der Waals surface area contributed by atoms with E-state index in [2.05, 4.69) is 19.2 Å². The van der Waals surface area contributed by atoms with Crippen LogP contribution in [0.3, 0.4) is 0 Å². The molecule has 0 bridgehead atoms. The zero-order valence-corrected chi connectivity index (χ0v) is 9.81. The normalized spacial score (nSPS) is 31.5. The van der Waals surface area contributed by atoms with Gasteiger partial charge in [0.1, 0.15) is 0 Å². The lowest BCUT2D eigenvalue weighted by molar-refractivity contribution is 0.141. The highest BCUT2D eigenvalue weighted by Gasteiger charge is 2.42. The summed E-state index contributed by atoms with van der Waals surface area (Å²) in [5, 5.41) is 3.55. The molecule has 0 aromatic rings. The molecule has 0 amide bonds. The zero-order chi connectivity index (χ0) is 10.0. The second-order valence-electron chi connectivity index (χ2n) is 5.86. The number of hydrogen-bond donors (Lipinski definition) is 1. The Balaban J connectivity index is 2.04. The summed E-state index contributed by atoms with van der Waals surface area (Å²) < 4.78 is 0. The van der Waals surface area contributed by atoms with Crippen LogP contribution in [0, 0.1) is 17.3 Å². The van der Waals surface area contributed by atoms with E-state index in [1.165, 1.54) is 51.6 Å². The third kappa shape index (κ3) is 1.98. The smallest absolute Gasteiger partial charge is 0.00147 e. The summed E-state index contributed by atoms with van der Waals surface area (Å²) in [7, 11) is 0. The van der Waals surface area contributed by atoms with E-state index in [1.54, 1.807) is 0 Å². The van der Waals surface area contributed by atoms with Crippen LogP contribution in [0.1, 0.15) is 52.4 Å². The van der Waals surface area contributed by atoms with Crippen LogP contribution in [-0.4, -0.2) is 13.1 Å². The van der Waals surface area contributed by atoms with E-state index in [-0.39, 0.29) is 0 Å². The van der Waals surface area contributed by atoms with Gasteiger partial charge in [-0.3, -0.25) is 0 Å². The third-order valence-corrected chi connectivity index (χ3v) is 4.34. The van der Waals surface area contributed by atoms with Crippen LogP contribution in [0.4, 0.5) is 0 Å². The van der Waals surface area contributed by atoms with Crippen LogP contribution in [0.25, 0.3) is 0 Å². The molecule has 1 atom stereocenters. The molecule has 82 valence electrons. The van der Waals surface area contributed by atoms with Crippen LogP contribution >= 0.6 is 0 Å². The molecular formula is C13H25N. The maximum Gasteiger partial charge on any atom is -0.00147 e. The first-order valence-electron chi connectivity index (χ1n) is 6.44. The standard InChI is InChI=1S/C13H25N/c1-11(2)9-13(6-3-4-7-13)12-5-8-14-10-12/h11-12,14H,3-10H2,1-2H3. The Morgan fingerprint density at radius 3 is 2.50 bits per heavy atom. The van der Waals surface area contributed by atoms with Crippen molar-refractivity contribution in [2.75, 3.05) is 13.1 Å². The van der Waals surface area contributed by atoms with Crippen molar-refractivity contribution in [3.63, 3.8) is 0 Å². The molecule has 0 aromatic carbocycles. The van der Waals surface area contributed by atoms with E-state index in [1.807, 2.05) is 0 Å². The lowest BCUT2D eigenvalue weighted by atomic mass is 9.68. The van der Waals surface area contributed by atoms with Crippen molar-refractivity contribution in [1.29, 1.82) is 0 Å². The van der Waals surface area contributed by atoms with Gasteiger partial charge in [0, 0.05) is 0 Å².